The number of allylic oxidation sites excluding steroid dienone is 3. The number of carbonyl (C=O) groups is 1. The molecule has 0 aliphatic heterocycles. The fourth-order valence-corrected chi connectivity index (χ4v) is 6.55. The Morgan fingerprint density at radius 2 is 1.36 bits per heavy atom. The first kappa shape index (κ1) is 37.9. The molecule has 0 fully saturated rings. The lowest BCUT2D eigenvalue weighted by Crippen LogP contribution is -2.06. The highest BCUT2D eigenvalue weighted by molar-refractivity contribution is 8.03. The number of carbonyl (C=O) groups excluding carboxylic acids is 1. The number of aryl methyl sites for hydroxylation is 2. The molecule has 1 N–H and O–H groups in total. The Balaban J connectivity index is 1.23. The maximum atomic E-state index is 11.8. The van der Waals surface area contributed by atoms with Gasteiger partial charge in [-0.1, -0.05) is 132 Å². The minimum Gasteiger partial charge on any atom is -0.356 e. The van der Waals surface area contributed by atoms with E-state index < -0.39 is 0 Å². The van der Waals surface area contributed by atoms with Gasteiger partial charge in [0, 0.05) is 17.8 Å². The van der Waals surface area contributed by atoms with E-state index in [1.807, 2.05) is 11.8 Å². The monoisotopic (exact) mass is 647 g/mol. The van der Waals surface area contributed by atoms with Crippen LogP contribution >= 0.6 is 11.8 Å². The molecule has 47 heavy (non-hydrogen) atoms. The number of hydrogen-bond acceptors (Lipinski definition) is 3. The summed E-state index contributed by atoms with van der Waals surface area (Å²) in [7, 11) is 0. The summed E-state index contributed by atoms with van der Waals surface area (Å²) in [6, 6.07) is 26.0. The van der Waals surface area contributed by atoms with Gasteiger partial charge in [-0.3, -0.25) is 4.79 Å². The molecule has 0 spiro atoms. The van der Waals surface area contributed by atoms with Gasteiger partial charge in [-0.05, 0) is 114 Å². The van der Waals surface area contributed by atoms with Crippen molar-refractivity contribution < 1.29 is 4.79 Å². The number of nitrogens with one attached hydrogen (secondary N) is 1. The van der Waals surface area contributed by atoms with Crippen molar-refractivity contribution in [2.75, 3.05) is 11.1 Å². The third kappa shape index (κ3) is 14.8. The Labute approximate surface area is 290 Å². The highest BCUT2D eigenvalue weighted by atomic mass is 32.2. The first-order valence-electron chi connectivity index (χ1n) is 17.5. The molecule has 3 rings (SSSR count). The van der Waals surface area contributed by atoms with Crippen molar-refractivity contribution in [3.8, 4) is 0 Å². The molecule has 1 atom stereocenters. The van der Waals surface area contributed by atoms with Gasteiger partial charge in [-0.25, -0.2) is 0 Å². The molecule has 0 saturated heterocycles. The van der Waals surface area contributed by atoms with Crippen molar-refractivity contribution in [2.45, 2.75) is 97.8 Å². The van der Waals surface area contributed by atoms with E-state index in [0.29, 0.717) is 17.9 Å². The average molecular weight is 648 g/mol. The standard InChI is InChI=1S/C44H57NOS/c1-33(2)44(46)31-35(4)15-12-13-16-37(6)47-30-14-10-8-9-11-17-39-20-26-42(27-21-39)38(7)45-43-28-22-40(23-29-43)32-36(5)41-24-18-34(3)19-25-41/h18-29,35,45H,1,5-17,30-32H2,2-4H3. The van der Waals surface area contributed by atoms with Crippen molar-refractivity contribution in [3.05, 3.63) is 137 Å². The summed E-state index contributed by atoms with van der Waals surface area (Å²) in [6.45, 7) is 22.7. The number of ketones is 1. The van der Waals surface area contributed by atoms with Crippen molar-refractivity contribution in [1.29, 1.82) is 0 Å². The fourth-order valence-electron chi connectivity index (χ4n) is 5.62. The topological polar surface area (TPSA) is 29.1 Å². The van der Waals surface area contributed by atoms with Gasteiger partial charge in [0.15, 0.2) is 5.78 Å². The molecule has 250 valence electrons. The fraction of sp³-hybridized carbons (Fsp3) is 0.386. The number of Topliss-reactive ketones (excluding diaryl/α,β-unsaturated/α-hetero) is 1. The maximum absolute atomic E-state index is 11.8. The quantitative estimate of drug-likeness (QED) is 0.0820. The minimum atomic E-state index is 0.206. The number of hydrogen-bond donors (Lipinski definition) is 1. The van der Waals surface area contributed by atoms with Gasteiger partial charge in [-0.2, -0.15) is 0 Å². The van der Waals surface area contributed by atoms with Gasteiger partial charge in [0.05, 0.1) is 0 Å². The average Bonchev–Trinajstić information content (AvgIpc) is 3.05. The SMILES string of the molecule is C=C(CCCCC(C)CC(=O)C(=C)C)SCCCCCCCc1ccc(C(=C)Nc2ccc(CC(=C)c3ccc(C)cc3)cc2)cc1. The predicted octanol–water partition coefficient (Wildman–Crippen LogP) is 12.8. The Morgan fingerprint density at radius 3 is 2.04 bits per heavy atom. The van der Waals surface area contributed by atoms with E-state index in [1.54, 1.807) is 6.92 Å². The van der Waals surface area contributed by atoms with Crippen LogP contribution in [0.15, 0.2) is 110 Å². The van der Waals surface area contributed by atoms with Gasteiger partial charge in [0.25, 0.3) is 0 Å². The summed E-state index contributed by atoms with van der Waals surface area (Å²) in [5.74, 6) is 1.83. The van der Waals surface area contributed by atoms with Crippen LogP contribution in [0.2, 0.25) is 0 Å². The molecular weight excluding hydrogens is 591 g/mol. The molecule has 3 heteroatoms. The normalized spacial score (nSPS) is 11.6. The predicted molar refractivity (Wildman–Crippen MR) is 210 cm³/mol. The molecule has 3 aromatic carbocycles. The van der Waals surface area contributed by atoms with Crippen LogP contribution in [0.4, 0.5) is 5.69 Å². The van der Waals surface area contributed by atoms with Crippen LogP contribution in [0.1, 0.15) is 106 Å². The first-order valence-corrected chi connectivity index (χ1v) is 18.5. The largest absolute Gasteiger partial charge is 0.356 e. The highest BCUT2D eigenvalue weighted by Crippen LogP contribution is 2.25. The van der Waals surface area contributed by atoms with Crippen LogP contribution < -0.4 is 5.32 Å². The minimum absolute atomic E-state index is 0.206. The summed E-state index contributed by atoms with van der Waals surface area (Å²) in [4.78, 5) is 13.1. The van der Waals surface area contributed by atoms with E-state index in [0.717, 1.165) is 48.2 Å². The van der Waals surface area contributed by atoms with Gasteiger partial charge in [0.2, 0.25) is 0 Å². The van der Waals surface area contributed by atoms with Crippen molar-refractivity contribution in [2.24, 2.45) is 5.92 Å². The van der Waals surface area contributed by atoms with E-state index in [1.165, 1.54) is 77.9 Å². The number of anilines is 1. The zero-order valence-electron chi connectivity index (χ0n) is 29.3. The summed E-state index contributed by atoms with van der Waals surface area (Å²) in [6.07, 6.45) is 13.5. The van der Waals surface area contributed by atoms with Crippen LogP contribution in [0.25, 0.3) is 11.3 Å². The Kier molecular flexibility index (Phi) is 16.6. The Morgan fingerprint density at radius 1 is 0.745 bits per heavy atom. The zero-order valence-corrected chi connectivity index (χ0v) is 30.2. The van der Waals surface area contributed by atoms with Crippen molar-refractivity contribution in [1.82, 2.24) is 0 Å². The number of unbranched alkanes of at least 4 members (excludes halogenated alkanes) is 5. The van der Waals surface area contributed by atoms with Crippen LogP contribution in [0, 0.1) is 12.8 Å². The Hall–Kier alpha value is -3.56. The molecule has 0 aliphatic rings. The third-order valence-corrected chi connectivity index (χ3v) is 9.86. The number of benzene rings is 3. The second-order valence-corrected chi connectivity index (χ2v) is 14.6. The molecule has 0 aromatic heterocycles. The van der Waals surface area contributed by atoms with E-state index in [4.69, 9.17) is 0 Å². The van der Waals surface area contributed by atoms with Crippen molar-refractivity contribution in [3.63, 3.8) is 0 Å². The second kappa shape index (κ2) is 20.6. The van der Waals surface area contributed by atoms with Gasteiger partial charge < -0.3 is 5.32 Å². The van der Waals surface area contributed by atoms with Crippen LogP contribution in [-0.2, 0) is 17.6 Å². The molecule has 0 bridgehead atoms. The molecule has 0 amide bonds. The van der Waals surface area contributed by atoms with Gasteiger partial charge in [-0.15, -0.1) is 11.8 Å². The first-order chi connectivity index (χ1) is 22.6. The zero-order chi connectivity index (χ0) is 34.0. The van der Waals surface area contributed by atoms with Crippen LogP contribution in [0.5, 0.6) is 0 Å². The highest BCUT2D eigenvalue weighted by Gasteiger charge is 2.10. The second-order valence-electron chi connectivity index (χ2n) is 13.3. The van der Waals surface area contributed by atoms with Crippen molar-refractivity contribution >= 4 is 34.5 Å². The van der Waals surface area contributed by atoms with Gasteiger partial charge in [0.1, 0.15) is 0 Å². The molecule has 0 heterocycles. The Bertz CT molecular complexity index is 1450. The summed E-state index contributed by atoms with van der Waals surface area (Å²) < 4.78 is 0. The summed E-state index contributed by atoms with van der Waals surface area (Å²) >= 11 is 1.94. The van der Waals surface area contributed by atoms with E-state index >= 15 is 0 Å². The summed E-state index contributed by atoms with van der Waals surface area (Å²) in [5, 5.41) is 3.47. The van der Waals surface area contributed by atoms with E-state index in [2.05, 4.69) is 118 Å². The number of thioether (sulfide) groups is 1. The van der Waals surface area contributed by atoms with E-state index in [-0.39, 0.29) is 5.78 Å². The van der Waals surface area contributed by atoms with Crippen LogP contribution in [0.3, 0.4) is 0 Å². The summed E-state index contributed by atoms with van der Waals surface area (Å²) in [5.41, 5.74) is 9.99. The number of rotatable bonds is 23. The molecule has 3 aromatic rings. The maximum Gasteiger partial charge on any atom is 0.158 e. The lowest BCUT2D eigenvalue weighted by molar-refractivity contribution is -0.116. The third-order valence-electron chi connectivity index (χ3n) is 8.76. The lowest BCUT2D eigenvalue weighted by atomic mass is 9.95. The van der Waals surface area contributed by atoms with E-state index in [9.17, 15) is 4.79 Å². The molecule has 2 nitrogen and oxygen atoms in total. The van der Waals surface area contributed by atoms with Crippen LogP contribution in [-0.4, -0.2) is 11.5 Å². The molecule has 0 saturated carbocycles. The molecule has 0 aliphatic carbocycles. The smallest absolute Gasteiger partial charge is 0.158 e. The van der Waals surface area contributed by atoms with Gasteiger partial charge >= 0.3 is 0 Å². The lowest BCUT2D eigenvalue weighted by Gasteiger charge is -2.12. The molecular formula is C44H57NOS. The molecule has 1 unspecified atom stereocenters. The molecule has 0 radical (unpaired) electrons.